The zero-order valence-corrected chi connectivity index (χ0v) is 15.9. The summed E-state index contributed by atoms with van der Waals surface area (Å²) in [4.78, 5) is 32.6. The van der Waals surface area contributed by atoms with E-state index in [1.165, 1.54) is 16.2 Å². The van der Waals surface area contributed by atoms with Crippen LogP contribution < -0.4 is 5.73 Å². The van der Waals surface area contributed by atoms with Crippen LogP contribution in [-0.2, 0) is 4.79 Å². The molecular formula is C20H18N4O3S. The minimum absolute atomic E-state index is 0.196. The molecule has 0 saturated carbocycles. The Morgan fingerprint density at radius 2 is 2.21 bits per heavy atom. The number of carbonyl (C=O) groups excluding carboxylic acids is 2. The molecule has 0 spiro atoms. The summed E-state index contributed by atoms with van der Waals surface area (Å²) in [6.45, 7) is 0.420. The maximum Gasteiger partial charge on any atom is 0.268 e. The van der Waals surface area contributed by atoms with Gasteiger partial charge in [-0.15, -0.1) is 11.3 Å². The monoisotopic (exact) mass is 394 g/mol. The molecule has 0 fully saturated rings. The maximum atomic E-state index is 11.7. The van der Waals surface area contributed by atoms with Gasteiger partial charge in [0.25, 0.3) is 5.91 Å². The van der Waals surface area contributed by atoms with Crippen LogP contribution in [0.25, 0.3) is 21.6 Å². The average Bonchev–Trinajstić information content (AvgIpc) is 3.18. The standard InChI is InChI=1S/C20H18N4O3S/c1-24(12-25)9-7-15(26)6-5-13-3-2-4-14(11-13)20-22-16-8-10-28-18(16)17(23-20)19(21)27/h2-4,8,10-12,15,26H,7,9H2,1H3,(H2,21,27)/t15-/m0/s1. The fraction of sp³-hybridized carbons (Fsp3) is 0.200. The Hall–Kier alpha value is -3.28. The first-order chi connectivity index (χ1) is 13.5. The highest BCUT2D eigenvalue weighted by atomic mass is 32.1. The number of fused-ring (bicyclic) bond motifs is 1. The summed E-state index contributed by atoms with van der Waals surface area (Å²) in [5.41, 5.74) is 7.68. The number of nitrogens with two attached hydrogens (primary N) is 1. The third-order valence-corrected chi connectivity index (χ3v) is 4.89. The van der Waals surface area contributed by atoms with Crippen LogP contribution in [0.3, 0.4) is 0 Å². The van der Waals surface area contributed by atoms with Crippen molar-refractivity contribution in [2.24, 2.45) is 5.73 Å². The highest BCUT2D eigenvalue weighted by molar-refractivity contribution is 7.17. The lowest BCUT2D eigenvalue weighted by Gasteiger charge is -2.10. The number of benzene rings is 1. The molecule has 0 aliphatic rings. The van der Waals surface area contributed by atoms with Gasteiger partial charge in [-0.1, -0.05) is 24.0 Å². The molecule has 3 aromatic rings. The number of aromatic nitrogens is 2. The minimum Gasteiger partial charge on any atom is -0.380 e. The maximum absolute atomic E-state index is 11.7. The number of hydrogen-bond donors (Lipinski definition) is 2. The highest BCUT2D eigenvalue weighted by Gasteiger charge is 2.14. The number of aliphatic hydroxyl groups excluding tert-OH is 1. The van der Waals surface area contributed by atoms with E-state index < -0.39 is 12.0 Å². The second-order valence-electron chi connectivity index (χ2n) is 6.14. The number of carbonyl (C=O) groups is 2. The van der Waals surface area contributed by atoms with E-state index >= 15 is 0 Å². The lowest BCUT2D eigenvalue weighted by molar-refractivity contribution is -0.117. The lowest BCUT2D eigenvalue weighted by Crippen LogP contribution is -2.21. The second kappa shape index (κ2) is 8.61. The van der Waals surface area contributed by atoms with Crippen molar-refractivity contribution in [1.29, 1.82) is 0 Å². The summed E-state index contributed by atoms with van der Waals surface area (Å²) in [6, 6.07) is 9.03. The molecule has 0 aliphatic heterocycles. The van der Waals surface area contributed by atoms with Gasteiger partial charge in [-0.25, -0.2) is 9.97 Å². The van der Waals surface area contributed by atoms with Crippen molar-refractivity contribution in [3.63, 3.8) is 0 Å². The molecule has 2 heterocycles. The van der Waals surface area contributed by atoms with Crippen LogP contribution >= 0.6 is 11.3 Å². The van der Waals surface area contributed by atoms with Crippen molar-refractivity contribution < 1.29 is 14.7 Å². The molecule has 0 bridgehead atoms. The molecule has 0 unspecified atom stereocenters. The first-order valence-electron chi connectivity index (χ1n) is 8.48. The van der Waals surface area contributed by atoms with Crippen LogP contribution in [0.2, 0.25) is 0 Å². The van der Waals surface area contributed by atoms with Gasteiger partial charge in [-0.2, -0.15) is 0 Å². The Kier molecular flexibility index (Phi) is 5.99. The number of rotatable bonds is 6. The molecular weight excluding hydrogens is 376 g/mol. The molecule has 3 N–H and O–H groups in total. The Bertz CT molecular complexity index is 1080. The summed E-state index contributed by atoms with van der Waals surface area (Å²) in [6.07, 6.45) is 0.224. The number of nitrogens with zero attached hydrogens (tertiary/aromatic N) is 3. The van der Waals surface area contributed by atoms with E-state index in [2.05, 4.69) is 21.8 Å². The van der Waals surface area contributed by atoms with E-state index in [0.29, 0.717) is 46.5 Å². The van der Waals surface area contributed by atoms with Gasteiger partial charge in [0.15, 0.2) is 5.82 Å². The summed E-state index contributed by atoms with van der Waals surface area (Å²) < 4.78 is 0.663. The topological polar surface area (TPSA) is 109 Å². The van der Waals surface area contributed by atoms with Crippen molar-refractivity contribution in [2.75, 3.05) is 13.6 Å². The van der Waals surface area contributed by atoms with E-state index in [4.69, 9.17) is 5.73 Å². The Morgan fingerprint density at radius 3 is 2.96 bits per heavy atom. The molecule has 28 heavy (non-hydrogen) atoms. The van der Waals surface area contributed by atoms with Gasteiger partial charge in [0.1, 0.15) is 11.8 Å². The number of aliphatic hydroxyl groups is 1. The zero-order valence-electron chi connectivity index (χ0n) is 15.1. The second-order valence-corrected chi connectivity index (χ2v) is 7.05. The van der Waals surface area contributed by atoms with Crippen LogP contribution in [-0.4, -0.2) is 52.0 Å². The van der Waals surface area contributed by atoms with E-state index in [-0.39, 0.29) is 5.69 Å². The van der Waals surface area contributed by atoms with Crippen molar-refractivity contribution in [1.82, 2.24) is 14.9 Å². The Labute approximate surface area is 165 Å². The third-order valence-electron chi connectivity index (χ3n) is 3.98. The van der Waals surface area contributed by atoms with Crippen molar-refractivity contribution in [3.05, 3.63) is 47.0 Å². The molecule has 0 aliphatic carbocycles. The van der Waals surface area contributed by atoms with Crippen LogP contribution in [0.4, 0.5) is 0 Å². The molecule has 0 radical (unpaired) electrons. The molecule has 1 atom stereocenters. The lowest BCUT2D eigenvalue weighted by atomic mass is 10.1. The van der Waals surface area contributed by atoms with Gasteiger partial charge in [0, 0.05) is 31.1 Å². The summed E-state index contributed by atoms with van der Waals surface area (Å²) in [5, 5.41) is 11.8. The molecule has 142 valence electrons. The van der Waals surface area contributed by atoms with Crippen molar-refractivity contribution in [2.45, 2.75) is 12.5 Å². The van der Waals surface area contributed by atoms with Crippen LogP contribution in [0.15, 0.2) is 35.7 Å². The number of hydrogen-bond acceptors (Lipinski definition) is 6. The fourth-order valence-electron chi connectivity index (χ4n) is 2.51. The molecule has 1 aromatic carbocycles. The summed E-state index contributed by atoms with van der Waals surface area (Å²) >= 11 is 1.37. The first-order valence-corrected chi connectivity index (χ1v) is 9.36. The van der Waals surface area contributed by atoms with Gasteiger partial charge < -0.3 is 15.7 Å². The third kappa shape index (κ3) is 4.52. The van der Waals surface area contributed by atoms with Crippen molar-refractivity contribution in [3.8, 4) is 23.2 Å². The molecule has 3 rings (SSSR count). The fourth-order valence-corrected chi connectivity index (χ4v) is 3.34. The molecule has 7 nitrogen and oxygen atoms in total. The normalized spacial score (nSPS) is 11.5. The largest absolute Gasteiger partial charge is 0.380 e. The Morgan fingerprint density at radius 1 is 1.39 bits per heavy atom. The number of thiophene rings is 1. The highest BCUT2D eigenvalue weighted by Crippen LogP contribution is 2.26. The summed E-state index contributed by atoms with van der Waals surface area (Å²) in [7, 11) is 1.64. The minimum atomic E-state index is -0.842. The average molecular weight is 394 g/mol. The molecule has 2 amide bonds. The predicted molar refractivity (Wildman–Crippen MR) is 108 cm³/mol. The predicted octanol–water partition coefficient (Wildman–Crippen LogP) is 1.65. The van der Waals surface area contributed by atoms with Crippen LogP contribution in [0, 0.1) is 11.8 Å². The van der Waals surface area contributed by atoms with Crippen LogP contribution in [0.5, 0.6) is 0 Å². The smallest absolute Gasteiger partial charge is 0.268 e. The Balaban J connectivity index is 1.86. The van der Waals surface area contributed by atoms with E-state index in [9.17, 15) is 14.7 Å². The van der Waals surface area contributed by atoms with Gasteiger partial charge in [0.05, 0.1) is 10.2 Å². The molecule has 2 aromatic heterocycles. The molecule has 8 heteroatoms. The number of primary amides is 1. The van der Waals surface area contributed by atoms with E-state index in [0.717, 1.165) is 0 Å². The zero-order chi connectivity index (χ0) is 20.1. The molecule has 0 saturated heterocycles. The van der Waals surface area contributed by atoms with E-state index in [1.807, 2.05) is 17.5 Å². The van der Waals surface area contributed by atoms with Crippen LogP contribution in [0.1, 0.15) is 22.5 Å². The SMILES string of the molecule is CN(C=O)CC[C@@H](O)C#Cc1cccc(-c2nc(C(N)=O)c3sccc3n2)c1. The van der Waals surface area contributed by atoms with Gasteiger partial charge >= 0.3 is 0 Å². The van der Waals surface area contributed by atoms with Gasteiger partial charge in [-0.3, -0.25) is 9.59 Å². The van der Waals surface area contributed by atoms with E-state index in [1.54, 1.807) is 25.2 Å². The van der Waals surface area contributed by atoms with Gasteiger partial charge in [0.2, 0.25) is 6.41 Å². The first kappa shape index (κ1) is 19.5. The van der Waals surface area contributed by atoms with Gasteiger partial charge in [-0.05, 0) is 23.6 Å². The van der Waals surface area contributed by atoms with Crippen molar-refractivity contribution >= 4 is 33.9 Å². The summed E-state index contributed by atoms with van der Waals surface area (Å²) in [5.74, 6) is 5.46. The quantitative estimate of drug-likeness (QED) is 0.488. The number of amides is 2.